The van der Waals surface area contributed by atoms with Gasteiger partial charge in [0.05, 0.1) is 5.69 Å². The Balaban J connectivity index is 1.46. The molecule has 0 aliphatic heterocycles. The molecule has 3 nitrogen and oxygen atoms in total. The molecule has 0 aromatic heterocycles. The van der Waals surface area contributed by atoms with Crippen LogP contribution in [0.5, 0.6) is 0 Å². The van der Waals surface area contributed by atoms with Crippen LogP contribution < -0.4 is 15.1 Å². The second-order valence-corrected chi connectivity index (χ2v) is 10.5. The van der Waals surface area contributed by atoms with E-state index >= 15 is 0 Å². The zero-order valence-corrected chi connectivity index (χ0v) is 20.9. The van der Waals surface area contributed by atoms with Gasteiger partial charge >= 0.3 is 0 Å². The van der Waals surface area contributed by atoms with Crippen LogP contribution in [0, 0.1) is 0 Å². The van der Waals surface area contributed by atoms with E-state index in [0.29, 0.717) is 0 Å². The van der Waals surface area contributed by atoms with Gasteiger partial charge in [-0.3, -0.25) is 0 Å². The van der Waals surface area contributed by atoms with Crippen molar-refractivity contribution in [3.63, 3.8) is 0 Å². The Morgan fingerprint density at radius 2 is 0.838 bits per heavy atom. The Kier molecular flexibility index (Phi) is 5.00. The van der Waals surface area contributed by atoms with Crippen LogP contribution in [0.2, 0.25) is 0 Å². The van der Waals surface area contributed by atoms with E-state index in [-0.39, 0.29) is 0 Å². The molecule has 1 saturated carbocycles. The van der Waals surface area contributed by atoms with Gasteiger partial charge in [0.2, 0.25) is 0 Å². The zero-order valence-electron chi connectivity index (χ0n) is 20.9. The van der Waals surface area contributed by atoms with Crippen LogP contribution in [0.1, 0.15) is 23.0 Å². The predicted octanol–water partition coefficient (Wildman–Crippen LogP) is 5.70. The highest BCUT2D eigenvalue weighted by atomic mass is 16.3. The molecule has 0 amide bonds. The quantitative estimate of drug-likeness (QED) is 0.305. The monoisotopic (exact) mass is 481 g/mol. The molecule has 2 atom stereocenters. The summed E-state index contributed by atoms with van der Waals surface area (Å²) in [7, 11) is 4.09. The molecule has 6 aromatic rings. The number of benzene rings is 6. The van der Waals surface area contributed by atoms with Crippen LogP contribution >= 0.6 is 0 Å². The molecule has 0 radical (unpaired) electrons. The summed E-state index contributed by atoms with van der Waals surface area (Å²) < 4.78 is 0. The summed E-state index contributed by atoms with van der Waals surface area (Å²) in [5.41, 5.74) is 2.96. The van der Waals surface area contributed by atoms with Crippen molar-refractivity contribution in [1.29, 1.82) is 0 Å². The lowest BCUT2D eigenvalue weighted by atomic mass is 9.61. The third-order valence-electron chi connectivity index (χ3n) is 8.29. The highest BCUT2D eigenvalue weighted by Crippen LogP contribution is 2.53. The number of rotatable bonds is 3. The molecule has 2 unspecified atom stereocenters. The third-order valence-corrected chi connectivity index (χ3v) is 8.29. The van der Waals surface area contributed by atoms with E-state index in [1.807, 2.05) is 62.6 Å². The first-order valence-electron chi connectivity index (χ1n) is 12.9. The molecular formula is C34H27NO2-2. The minimum absolute atomic E-state index is 0.591. The molecule has 1 aliphatic carbocycles. The average Bonchev–Trinajstić information content (AvgIpc) is 2.92. The number of nitrogens with zero attached hydrogens (tertiary/aromatic N) is 1. The van der Waals surface area contributed by atoms with Crippen molar-refractivity contribution >= 4 is 48.8 Å². The van der Waals surface area contributed by atoms with E-state index in [4.69, 9.17) is 0 Å². The molecule has 37 heavy (non-hydrogen) atoms. The van der Waals surface area contributed by atoms with Gasteiger partial charge in [-0.2, -0.15) is 0 Å². The number of hydrogen-bond acceptors (Lipinski definition) is 3. The number of hydrogen-bond donors (Lipinski definition) is 0. The average molecular weight is 482 g/mol. The molecule has 6 aromatic carbocycles. The van der Waals surface area contributed by atoms with Gasteiger partial charge < -0.3 is 15.1 Å². The van der Waals surface area contributed by atoms with Crippen LogP contribution in [0.25, 0.3) is 43.1 Å². The molecule has 3 heteroatoms. The summed E-state index contributed by atoms with van der Waals surface area (Å²) >= 11 is 0. The SMILES string of the molecule is CN(C)c1c2ccccc2c(C2C([O-])C(c3c4ccccc4cc4ccccc34)C2[O-])c2ccccc12. The number of fused-ring (bicyclic) bond motifs is 4. The Morgan fingerprint density at radius 3 is 1.27 bits per heavy atom. The van der Waals surface area contributed by atoms with Gasteiger partial charge in [0, 0.05) is 24.9 Å². The zero-order chi connectivity index (χ0) is 25.3. The standard InChI is InChI=1S/C34H27NO2/c1-35(2)32-26-17-9-7-15-24(26)29(25-16-8-10-18-27(25)32)31-33(36)30(34(31)37)28-22-13-5-3-11-20(22)19-21-12-4-6-14-23(21)28/h3-19,30-31,33-34H,1-2H3/q-2. The van der Waals surface area contributed by atoms with Gasteiger partial charge in [-0.05, 0) is 61.3 Å². The molecule has 0 spiro atoms. The molecule has 1 aliphatic rings. The molecule has 7 rings (SSSR count). The summed E-state index contributed by atoms with van der Waals surface area (Å²) in [6.45, 7) is 0. The Hall–Kier alpha value is -3.92. The van der Waals surface area contributed by atoms with Crippen molar-refractivity contribution in [3.8, 4) is 0 Å². The lowest BCUT2D eigenvalue weighted by molar-refractivity contribution is -0.535. The predicted molar refractivity (Wildman–Crippen MR) is 150 cm³/mol. The van der Waals surface area contributed by atoms with E-state index < -0.39 is 24.0 Å². The molecule has 0 N–H and O–H groups in total. The van der Waals surface area contributed by atoms with E-state index in [9.17, 15) is 10.2 Å². The fraction of sp³-hybridized carbons (Fsp3) is 0.176. The van der Waals surface area contributed by atoms with Gasteiger partial charge in [-0.1, -0.05) is 97.1 Å². The number of anilines is 1. The first-order chi connectivity index (χ1) is 18.1. The van der Waals surface area contributed by atoms with Crippen molar-refractivity contribution in [1.82, 2.24) is 0 Å². The van der Waals surface area contributed by atoms with E-state index in [0.717, 1.165) is 59.9 Å². The minimum atomic E-state index is -1.02. The topological polar surface area (TPSA) is 49.4 Å². The largest absolute Gasteiger partial charge is 0.851 e. The van der Waals surface area contributed by atoms with Gasteiger partial charge in [0.1, 0.15) is 0 Å². The van der Waals surface area contributed by atoms with Crippen molar-refractivity contribution < 1.29 is 10.2 Å². The highest BCUT2D eigenvalue weighted by molar-refractivity contribution is 6.14. The lowest BCUT2D eigenvalue weighted by Gasteiger charge is -2.62. The van der Waals surface area contributed by atoms with Gasteiger partial charge in [-0.15, -0.1) is 12.2 Å². The van der Waals surface area contributed by atoms with Crippen molar-refractivity contribution in [2.24, 2.45) is 0 Å². The lowest BCUT2D eigenvalue weighted by Crippen LogP contribution is -2.63. The fourth-order valence-corrected chi connectivity index (χ4v) is 6.72. The Morgan fingerprint density at radius 1 is 0.486 bits per heavy atom. The molecule has 1 fully saturated rings. The van der Waals surface area contributed by atoms with Gasteiger partial charge in [0.15, 0.2) is 0 Å². The molecule has 0 bridgehead atoms. The smallest absolute Gasteiger partial charge is 0.0520 e. The maximum Gasteiger partial charge on any atom is 0.0520 e. The third kappa shape index (κ3) is 3.14. The van der Waals surface area contributed by atoms with Gasteiger partial charge in [0.25, 0.3) is 0 Å². The minimum Gasteiger partial charge on any atom is -0.851 e. The van der Waals surface area contributed by atoms with Gasteiger partial charge in [-0.25, -0.2) is 0 Å². The molecule has 0 saturated heterocycles. The van der Waals surface area contributed by atoms with Crippen LogP contribution in [-0.4, -0.2) is 26.3 Å². The van der Waals surface area contributed by atoms with Crippen LogP contribution in [0.3, 0.4) is 0 Å². The van der Waals surface area contributed by atoms with Crippen molar-refractivity contribution in [3.05, 3.63) is 114 Å². The van der Waals surface area contributed by atoms with Crippen LogP contribution in [0.15, 0.2) is 103 Å². The fourth-order valence-electron chi connectivity index (χ4n) is 6.72. The molecule has 182 valence electrons. The van der Waals surface area contributed by atoms with E-state index in [2.05, 4.69) is 59.5 Å². The van der Waals surface area contributed by atoms with Crippen LogP contribution in [-0.2, 0) is 0 Å². The Bertz CT molecular complexity index is 1700. The summed E-state index contributed by atoms with van der Waals surface area (Å²) in [5.74, 6) is -1.19. The first kappa shape index (κ1) is 22.3. The maximum absolute atomic E-state index is 14.2. The Labute approximate surface area is 216 Å². The van der Waals surface area contributed by atoms with Crippen molar-refractivity contribution in [2.75, 3.05) is 19.0 Å². The van der Waals surface area contributed by atoms with Crippen molar-refractivity contribution in [2.45, 2.75) is 24.0 Å². The normalized spacial score (nSPS) is 21.5. The molecule has 0 heterocycles. The first-order valence-corrected chi connectivity index (χ1v) is 12.9. The van der Waals surface area contributed by atoms with E-state index in [1.54, 1.807) is 0 Å². The summed E-state index contributed by atoms with van der Waals surface area (Å²) in [6, 6.07) is 34.9. The maximum atomic E-state index is 14.2. The van der Waals surface area contributed by atoms with E-state index in [1.165, 1.54) is 0 Å². The summed E-state index contributed by atoms with van der Waals surface area (Å²) in [4.78, 5) is 2.13. The molecular weight excluding hydrogens is 454 g/mol. The highest BCUT2D eigenvalue weighted by Gasteiger charge is 2.41. The summed E-state index contributed by atoms with van der Waals surface area (Å²) in [6.07, 6.45) is -2.04. The second kappa shape index (κ2) is 8.31. The van der Waals surface area contributed by atoms with Crippen LogP contribution in [0.4, 0.5) is 5.69 Å². The summed E-state index contributed by atoms with van der Waals surface area (Å²) in [5, 5.41) is 36.9. The second-order valence-electron chi connectivity index (χ2n) is 10.5.